The van der Waals surface area contributed by atoms with Crippen LogP contribution in [-0.2, 0) is 0 Å². The van der Waals surface area contributed by atoms with Crippen LogP contribution in [0.25, 0.3) is 0 Å². The number of ether oxygens (including phenoxy) is 1. The van der Waals surface area contributed by atoms with Crippen LogP contribution in [0.15, 0.2) is 48.5 Å². The quantitative estimate of drug-likeness (QED) is 0.486. The minimum atomic E-state index is -0.375. The first-order valence-corrected chi connectivity index (χ1v) is 8.16. The van der Waals surface area contributed by atoms with Crippen molar-refractivity contribution in [2.75, 3.05) is 26.1 Å². The molecule has 0 aliphatic carbocycles. The molecular weight excluding hydrogens is 318 g/mol. The molecule has 6 nitrogen and oxygen atoms in total. The minimum Gasteiger partial charge on any atom is -0.497 e. The largest absolute Gasteiger partial charge is 0.497 e. The van der Waals surface area contributed by atoms with Gasteiger partial charge in [0, 0.05) is 12.1 Å². The molecule has 3 rings (SSSR count). The first-order valence-electron chi connectivity index (χ1n) is 8.16. The first-order chi connectivity index (χ1) is 11.9. The summed E-state index contributed by atoms with van der Waals surface area (Å²) in [7, 11) is 5.70. The van der Waals surface area contributed by atoms with E-state index in [1.165, 1.54) is 11.4 Å². The number of nitrogens with zero attached hydrogens (tertiary/aromatic N) is 3. The van der Waals surface area contributed by atoms with Crippen LogP contribution in [0.3, 0.4) is 0 Å². The Labute approximate surface area is 147 Å². The Hall–Kier alpha value is -2.89. The van der Waals surface area contributed by atoms with E-state index < -0.39 is 0 Å². The number of hydrogen-bond acceptors (Lipinski definition) is 3. The molecule has 0 N–H and O–H groups in total. The second kappa shape index (κ2) is 6.55. The summed E-state index contributed by atoms with van der Waals surface area (Å²) < 4.78 is 7.35. The molecule has 0 spiro atoms. The zero-order valence-electron chi connectivity index (χ0n) is 14.8. The van der Waals surface area contributed by atoms with Gasteiger partial charge < -0.3 is 4.74 Å². The standard InChI is InChI=1S/C19H22N3O3/c1-13-18(14-5-11-17(25-4)12-6-14)21(19(13)20(2)3)15-7-9-16(10-8-15)22(23)24/h5-13,18H,1-4H3/q+1/t13-,18-/m0/s1. The fourth-order valence-corrected chi connectivity index (χ4v) is 3.53. The van der Waals surface area contributed by atoms with Gasteiger partial charge in [-0.05, 0) is 36.8 Å². The van der Waals surface area contributed by atoms with Gasteiger partial charge in [0.25, 0.3) is 11.5 Å². The van der Waals surface area contributed by atoms with E-state index in [0.717, 1.165) is 11.4 Å². The second-order valence-corrected chi connectivity index (χ2v) is 6.40. The van der Waals surface area contributed by atoms with Crippen molar-refractivity contribution in [3.05, 3.63) is 64.2 Å². The Morgan fingerprint density at radius 1 is 1.04 bits per heavy atom. The lowest BCUT2D eigenvalue weighted by molar-refractivity contribution is -0.470. The number of non-ortho nitro benzene ring substituents is 1. The van der Waals surface area contributed by atoms with E-state index in [2.05, 4.69) is 28.5 Å². The van der Waals surface area contributed by atoms with E-state index in [-0.39, 0.29) is 16.7 Å². The van der Waals surface area contributed by atoms with Gasteiger partial charge in [-0.1, -0.05) is 12.1 Å². The summed E-state index contributed by atoms with van der Waals surface area (Å²) in [6.07, 6.45) is 0. The molecule has 0 bridgehead atoms. The van der Waals surface area contributed by atoms with Crippen LogP contribution in [0.2, 0.25) is 0 Å². The maximum Gasteiger partial charge on any atom is 0.269 e. The van der Waals surface area contributed by atoms with Gasteiger partial charge in [0.1, 0.15) is 23.4 Å². The summed E-state index contributed by atoms with van der Waals surface area (Å²) in [6.45, 7) is 2.20. The SMILES string of the molecule is COc1ccc([C@@H]2[C@H](C)C(=[N+](C)C)N2c2ccc([N+](=O)[O-])cc2)cc1. The third-order valence-electron chi connectivity index (χ3n) is 4.66. The van der Waals surface area contributed by atoms with Gasteiger partial charge in [-0.25, -0.2) is 4.90 Å². The maximum absolute atomic E-state index is 10.9. The Bertz CT molecular complexity index is 809. The molecule has 1 fully saturated rings. The number of methoxy groups -OCH3 is 1. The number of rotatable bonds is 4. The Morgan fingerprint density at radius 2 is 1.64 bits per heavy atom. The topological polar surface area (TPSA) is 58.6 Å². The highest BCUT2D eigenvalue weighted by molar-refractivity contribution is 6.03. The molecule has 2 aromatic carbocycles. The highest BCUT2D eigenvalue weighted by Gasteiger charge is 2.52. The monoisotopic (exact) mass is 340 g/mol. The maximum atomic E-state index is 10.9. The number of hydrogen-bond donors (Lipinski definition) is 0. The van der Waals surface area contributed by atoms with Crippen molar-refractivity contribution < 1.29 is 14.2 Å². The number of nitro benzene ring substituents is 1. The molecule has 25 heavy (non-hydrogen) atoms. The average molecular weight is 340 g/mol. The molecule has 0 saturated carbocycles. The summed E-state index contributed by atoms with van der Waals surface area (Å²) in [4.78, 5) is 12.8. The highest BCUT2D eigenvalue weighted by atomic mass is 16.6. The van der Waals surface area contributed by atoms with E-state index in [9.17, 15) is 10.1 Å². The second-order valence-electron chi connectivity index (χ2n) is 6.40. The number of amidine groups is 1. The van der Waals surface area contributed by atoms with E-state index in [4.69, 9.17) is 4.74 Å². The van der Waals surface area contributed by atoms with E-state index >= 15 is 0 Å². The molecule has 0 amide bonds. The predicted molar refractivity (Wildman–Crippen MR) is 97.6 cm³/mol. The summed E-state index contributed by atoms with van der Waals surface area (Å²) in [6, 6.07) is 15.0. The molecule has 0 aromatic heterocycles. The molecule has 1 aliphatic rings. The summed E-state index contributed by atoms with van der Waals surface area (Å²) in [5, 5.41) is 10.9. The Kier molecular flexibility index (Phi) is 4.44. The zero-order valence-corrected chi connectivity index (χ0v) is 14.8. The number of benzene rings is 2. The van der Waals surface area contributed by atoms with Crippen LogP contribution in [0, 0.1) is 16.0 Å². The van der Waals surface area contributed by atoms with Crippen LogP contribution in [-0.4, -0.2) is 36.5 Å². The molecule has 1 saturated heterocycles. The molecule has 2 atom stereocenters. The molecular formula is C19H22N3O3+. The van der Waals surface area contributed by atoms with Crippen LogP contribution < -0.4 is 9.64 Å². The van der Waals surface area contributed by atoms with Crippen molar-refractivity contribution >= 4 is 17.2 Å². The van der Waals surface area contributed by atoms with Crippen LogP contribution >= 0.6 is 0 Å². The van der Waals surface area contributed by atoms with Gasteiger partial charge >= 0.3 is 0 Å². The number of anilines is 1. The van der Waals surface area contributed by atoms with Gasteiger partial charge in [0.15, 0.2) is 0 Å². The van der Waals surface area contributed by atoms with Crippen molar-refractivity contribution in [1.29, 1.82) is 0 Å². The summed E-state index contributed by atoms with van der Waals surface area (Å²) >= 11 is 0. The van der Waals surface area contributed by atoms with Crippen molar-refractivity contribution in [3.63, 3.8) is 0 Å². The lowest BCUT2D eigenvalue weighted by atomic mass is 9.82. The molecule has 6 heteroatoms. The lowest BCUT2D eigenvalue weighted by Crippen LogP contribution is -2.57. The smallest absolute Gasteiger partial charge is 0.269 e. The fraction of sp³-hybridized carbons (Fsp3) is 0.316. The van der Waals surface area contributed by atoms with Gasteiger partial charge in [-0.2, -0.15) is 0 Å². The molecule has 130 valence electrons. The Balaban J connectivity index is 1.99. The van der Waals surface area contributed by atoms with Gasteiger partial charge in [-0.3, -0.25) is 14.7 Å². The minimum absolute atomic E-state index is 0.102. The predicted octanol–water partition coefficient (Wildman–Crippen LogP) is 3.47. The highest BCUT2D eigenvalue weighted by Crippen LogP contribution is 2.44. The van der Waals surface area contributed by atoms with Crippen molar-refractivity contribution in [2.24, 2.45) is 5.92 Å². The fourth-order valence-electron chi connectivity index (χ4n) is 3.53. The van der Waals surface area contributed by atoms with E-state index in [0.29, 0.717) is 5.92 Å². The Morgan fingerprint density at radius 3 is 2.12 bits per heavy atom. The van der Waals surface area contributed by atoms with Crippen LogP contribution in [0.5, 0.6) is 5.75 Å². The summed E-state index contributed by atoms with van der Waals surface area (Å²) in [5.41, 5.74) is 2.25. The molecule has 2 aromatic rings. The van der Waals surface area contributed by atoms with E-state index in [1.54, 1.807) is 19.2 Å². The van der Waals surface area contributed by atoms with Gasteiger partial charge in [-0.15, -0.1) is 0 Å². The molecule has 0 unspecified atom stereocenters. The zero-order chi connectivity index (χ0) is 18.1. The lowest BCUT2D eigenvalue weighted by Gasteiger charge is -2.42. The van der Waals surface area contributed by atoms with Crippen molar-refractivity contribution in [1.82, 2.24) is 0 Å². The van der Waals surface area contributed by atoms with Gasteiger partial charge in [0.2, 0.25) is 0 Å². The average Bonchev–Trinajstić information content (AvgIpc) is 2.60. The number of nitro groups is 1. The normalized spacial score (nSPS) is 19.4. The third-order valence-corrected chi connectivity index (χ3v) is 4.66. The van der Waals surface area contributed by atoms with E-state index in [1.807, 2.05) is 38.4 Å². The van der Waals surface area contributed by atoms with Crippen molar-refractivity contribution in [3.8, 4) is 5.75 Å². The molecule has 1 heterocycles. The van der Waals surface area contributed by atoms with Crippen molar-refractivity contribution in [2.45, 2.75) is 13.0 Å². The first kappa shape index (κ1) is 17.0. The molecule has 1 aliphatic heterocycles. The van der Waals surface area contributed by atoms with Crippen LogP contribution in [0.1, 0.15) is 18.5 Å². The van der Waals surface area contributed by atoms with Gasteiger partial charge in [0.05, 0.1) is 26.1 Å². The summed E-state index contributed by atoms with van der Waals surface area (Å²) in [5.74, 6) is 2.36. The molecule has 0 radical (unpaired) electrons. The third kappa shape index (κ3) is 2.95. The van der Waals surface area contributed by atoms with Crippen LogP contribution in [0.4, 0.5) is 11.4 Å².